The van der Waals surface area contributed by atoms with E-state index in [9.17, 15) is 9.90 Å². The van der Waals surface area contributed by atoms with Gasteiger partial charge >= 0.3 is 0 Å². The number of aromatic nitrogens is 2. The van der Waals surface area contributed by atoms with E-state index in [2.05, 4.69) is 26.8 Å². The smallest absolute Gasteiger partial charge is 0.242 e. The Labute approximate surface area is 172 Å². The molecule has 1 aliphatic heterocycles. The Morgan fingerprint density at radius 3 is 2.62 bits per heavy atom. The number of piperidine rings is 1. The van der Waals surface area contributed by atoms with Crippen molar-refractivity contribution in [1.29, 1.82) is 0 Å². The molecule has 2 atom stereocenters. The van der Waals surface area contributed by atoms with E-state index in [1.165, 1.54) is 6.42 Å². The van der Waals surface area contributed by atoms with Crippen LogP contribution in [0.5, 0.6) is 0 Å². The molecule has 1 N–H and O–H groups in total. The lowest BCUT2D eigenvalue weighted by Gasteiger charge is -2.33. The van der Waals surface area contributed by atoms with Gasteiger partial charge in [-0.1, -0.05) is 30.3 Å². The molecular formula is C24H29N3O2. The summed E-state index contributed by atoms with van der Waals surface area (Å²) in [6.45, 7) is 7.25. The zero-order chi connectivity index (χ0) is 20.5. The second-order valence-electron chi connectivity index (χ2n) is 8.23. The summed E-state index contributed by atoms with van der Waals surface area (Å²) in [6, 6.07) is 13.9. The minimum Gasteiger partial charge on any atom is -0.380 e. The maximum atomic E-state index is 13.2. The number of carbonyl (C=O) groups excluding carboxylic acids is 1. The molecule has 0 saturated carbocycles. The van der Waals surface area contributed by atoms with Crippen molar-refractivity contribution in [3.05, 3.63) is 65.0 Å². The van der Waals surface area contributed by atoms with Crippen LogP contribution in [-0.2, 0) is 11.3 Å². The van der Waals surface area contributed by atoms with Gasteiger partial charge in [-0.15, -0.1) is 0 Å². The highest BCUT2D eigenvalue weighted by Crippen LogP contribution is 2.28. The summed E-state index contributed by atoms with van der Waals surface area (Å²) in [5.74, 6) is 0.616. The standard InChI is InChI=1S/C24H29N3O2/c1-16-13-20-21(14-17(16)2)27(15-22(28)26-12-8-7-9-18(26)3)24(25-20)23(29)19-10-5-4-6-11-19/h4-6,10-11,13-14,18,23,29H,7-9,12,15H2,1-3H3. The van der Waals surface area contributed by atoms with Gasteiger partial charge in [0.15, 0.2) is 0 Å². The van der Waals surface area contributed by atoms with Crippen LogP contribution in [0.25, 0.3) is 11.0 Å². The molecule has 2 aromatic carbocycles. The number of nitrogens with zero attached hydrogens (tertiary/aromatic N) is 3. The van der Waals surface area contributed by atoms with E-state index in [1.807, 2.05) is 45.9 Å². The Balaban J connectivity index is 1.77. The Kier molecular flexibility index (Phi) is 5.41. The largest absolute Gasteiger partial charge is 0.380 e. The topological polar surface area (TPSA) is 58.4 Å². The van der Waals surface area contributed by atoms with Gasteiger partial charge < -0.3 is 14.6 Å². The normalized spacial score (nSPS) is 18.2. The molecule has 1 saturated heterocycles. The molecule has 2 unspecified atom stereocenters. The molecule has 1 aromatic heterocycles. The van der Waals surface area contributed by atoms with Crippen molar-refractivity contribution in [1.82, 2.24) is 14.5 Å². The van der Waals surface area contributed by atoms with Crippen molar-refractivity contribution in [3.8, 4) is 0 Å². The lowest BCUT2D eigenvalue weighted by molar-refractivity contribution is -0.135. The number of hydrogen-bond acceptors (Lipinski definition) is 3. The number of aliphatic hydroxyl groups is 1. The number of fused-ring (bicyclic) bond motifs is 1. The summed E-state index contributed by atoms with van der Waals surface area (Å²) in [5, 5.41) is 11.1. The molecular weight excluding hydrogens is 362 g/mol. The summed E-state index contributed by atoms with van der Waals surface area (Å²) in [6.07, 6.45) is 2.40. The summed E-state index contributed by atoms with van der Waals surface area (Å²) >= 11 is 0. The van der Waals surface area contributed by atoms with Gasteiger partial charge in [0.1, 0.15) is 18.5 Å². The number of imidazole rings is 1. The van der Waals surface area contributed by atoms with Crippen LogP contribution in [-0.4, -0.2) is 38.1 Å². The average Bonchev–Trinajstić information content (AvgIpc) is 3.06. The first-order chi connectivity index (χ1) is 14.0. The van der Waals surface area contributed by atoms with Crippen molar-refractivity contribution < 1.29 is 9.90 Å². The predicted molar refractivity (Wildman–Crippen MR) is 115 cm³/mol. The Hall–Kier alpha value is -2.66. The van der Waals surface area contributed by atoms with Crippen LogP contribution in [0.4, 0.5) is 0 Å². The molecule has 5 nitrogen and oxygen atoms in total. The van der Waals surface area contributed by atoms with E-state index in [4.69, 9.17) is 4.98 Å². The third kappa shape index (κ3) is 3.79. The first-order valence-electron chi connectivity index (χ1n) is 10.5. The lowest BCUT2D eigenvalue weighted by Crippen LogP contribution is -2.43. The maximum Gasteiger partial charge on any atom is 0.242 e. The van der Waals surface area contributed by atoms with Crippen LogP contribution in [0, 0.1) is 13.8 Å². The van der Waals surface area contributed by atoms with Gasteiger partial charge in [0.05, 0.1) is 11.0 Å². The van der Waals surface area contributed by atoms with Gasteiger partial charge in [0.25, 0.3) is 0 Å². The fourth-order valence-corrected chi connectivity index (χ4v) is 4.25. The highest BCUT2D eigenvalue weighted by atomic mass is 16.3. The number of benzene rings is 2. The molecule has 2 heterocycles. The van der Waals surface area contributed by atoms with Gasteiger partial charge in [-0.25, -0.2) is 4.98 Å². The van der Waals surface area contributed by atoms with Crippen molar-refractivity contribution in [2.45, 2.75) is 58.7 Å². The van der Waals surface area contributed by atoms with Gasteiger partial charge in [0.2, 0.25) is 5.91 Å². The van der Waals surface area contributed by atoms with E-state index in [-0.39, 0.29) is 18.5 Å². The number of rotatable bonds is 4. The maximum absolute atomic E-state index is 13.2. The summed E-state index contributed by atoms with van der Waals surface area (Å²) in [5.41, 5.74) is 4.79. The zero-order valence-electron chi connectivity index (χ0n) is 17.4. The molecule has 0 aliphatic carbocycles. The van der Waals surface area contributed by atoms with E-state index in [0.717, 1.165) is 47.1 Å². The van der Waals surface area contributed by atoms with Gasteiger partial charge in [-0.2, -0.15) is 0 Å². The van der Waals surface area contributed by atoms with Gasteiger partial charge in [-0.05, 0) is 68.9 Å². The number of amides is 1. The Morgan fingerprint density at radius 1 is 1.17 bits per heavy atom. The minimum absolute atomic E-state index is 0.0937. The number of aryl methyl sites for hydroxylation is 2. The molecule has 5 heteroatoms. The van der Waals surface area contributed by atoms with Crippen molar-refractivity contribution in [3.63, 3.8) is 0 Å². The van der Waals surface area contributed by atoms with Crippen LogP contribution < -0.4 is 0 Å². The lowest BCUT2D eigenvalue weighted by atomic mass is 10.0. The third-order valence-corrected chi connectivity index (χ3v) is 6.17. The van der Waals surface area contributed by atoms with E-state index >= 15 is 0 Å². The minimum atomic E-state index is -0.879. The van der Waals surface area contributed by atoms with Crippen LogP contribution in [0.3, 0.4) is 0 Å². The first kappa shape index (κ1) is 19.6. The third-order valence-electron chi connectivity index (χ3n) is 6.17. The molecule has 0 radical (unpaired) electrons. The number of likely N-dealkylation sites (tertiary alicyclic amines) is 1. The number of carbonyl (C=O) groups is 1. The first-order valence-corrected chi connectivity index (χ1v) is 10.5. The van der Waals surface area contributed by atoms with Crippen LogP contribution in [0.15, 0.2) is 42.5 Å². The molecule has 152 valence electrons. The molecule has 3 aromatic rings. The van der Waals surface area contributed by atoms with Crippen molar-refractivity contribution in [2.24, 2.45) is 0 Å². The van der Waals surface area contributed by atoms with Crippen LogP contribution in [0.1, 0.15) is 54.8 Å². The van der Waals surface area contributed by atoms with Crippen molar-refractivity contribution in [2.75, 3.05) is 6.54 Å². The Morgan fingerprint density at radius 2 is 1.90 bits per heavy atom. The van der Waals surface area contributed by atoms with Crippen LogP contribution >= 0.6 is 0 Å². The Bertz CT molecular complexity index is 1030. The average molecular weight is 392 g/mol. The number of aliphatic hydroxyl groups excluding tert-OH is 1. The quantitative estimate of drug-likeness (QED) is 0.727. The monoisotopic (exact) mass is 391 g/mol. The highest BCUT2D eigenvalue weighted by Gasteiger charge is 2.27. The second-order valence-corrected chi connectivity index (χ2v) is 8.23. The second kappa shape index (κ2) is 7.99. The molecule has 1 amide bonds. The summed E-state index contributed by atoms with van der Waals surface area (Å²) in [7, 11) is 0. The molecule has 0 spiro atoms. The van der Waals surface area contributed by atoms with Crippen LogP contribution in [0.2, 0.25) is 0 Å². The van der Waals surface area contributed by atoms with Crippen molar-refractivity contribution >= 4 is 16.9 Å². The fraction of sp³-hybridized carbons (Fsp3) is 0.417. The van der Waals surface area contributed by atoms with E-state index in [1.54, 1.807) is 0 Å². The number of hydrogen-bond donors (Lipinski definition) is 1. The zero-order valence-corrected chi connectivity index (χ0v) is 17.4. The summed E-state index contributed by atoms with van der Waals surface area (Å²) in [4.78, 5) is 19.9. The summed E-state index contributed by atoms with van der Waals surface area (Å²) < 4.78 is 1.91. The van der Waals surface area contributed by atoms with Gasteiger partial charge in [0, 0.05) is 12.6 Å². The van der Waals surface area contributed by atoms with Gasteiger partial charge in [-0.3, -0.25) is 4.79 Å². The van der Waals surface area contributed by atoms with E-state index < -0.39 is 6.10 Å². The molecule has 1 fully saturated rings. The molecule has 4 rings (SSSR count). The fourth-order valence-electron chi connectivity index (χ4n) is 4.25. The molecule has 0 bridgehead atoms. The highest BCUT2D eigenvalue weighted by molar-refractivity contribution is 5.82. The SMILES string of the molecule is Cc1cc2nc(C(O)c3ccccc3)n(CC(=O)N3CCCCC3C)c2cc1C. The predicted octanol–water partition coefficient (Wildman–Crippen LogP) is 4.14. The molecule has 29 heavy (non-hydrogen) atoms. The molecule has 1 aliphatic rings. The van der Waals surface area contributed by atoms with E-state index in [0.29, 0.717) is 5.82 Å².